The topological polar surface area (TPSA) is 26.3 Å². The van der Waals surface area contributed by atoms with Crippen molar-refractivity contribution in [3.8, 4) is 0 Å². The molecule has 2 aromatic carbocycles. The van der Waals surface area contributed by atoms with Crippen molar-refractivity contribution in [3.05, 3.63) is 58.6 Å². The molecule has 104 valence electrons. The van der Waals surface area contributed by atoms with Crippen LogP contribution in [0.1, 0.15) is 22.8 Å². The molecule has 0 saturated carbocycles. The number of ether oxygens (including phenoxy) is 1. The van der Waals surface area contributed by atoms with Crippen molar-refractivity contribution in [3.63, 3.8) is 0 Å². The highest BCUT2D eigenvalue weighted by Crippen LogP contribution is 2.30. The second kappa shape index (κ2) is 6.82. The molecule has 0 radical (unpaired) electrons. The van der Waals surface area contributed by atoms with Crippen LogP contribution in [0.4, 0.5) is 0 Å². The molecule has 4 heteroatoms. The van der Waals surface area contributed by atoms with E-state index >= 15 is 0 Å². The van der Waals surface area contributed by atoms with Crippen molar-refractivity contribution in [2.24, 2.45) is 0 Å². The van der Waals surface area contributed by atoms with Gasteiger partial charge in [-0.25, -0.2) is 4.79 Å². The summed E-state index contributed by atoms with van der Waals surface area (Å²) in [6, 6.07) is 13.5. The fourth-order valence-electron chi connectivity index (χ4n) is 1.87. The van der Waals surface area contributed by atoms with Crippen LogP contribution in [0.15, 0.2) is 52.3 Å². The van der Waals surface area contributed by atoms with E-state index < -0.39 is 0 Å². The number of carbonyl (C=O) groups is 1. The fourth-order valence-corrected chi connectivity index (χ4v) is 2.85. The van der Waals surface area contributed by atoms with E-state index in [0.29, 0.717) is 10.6 Å². The maximum atomic E-state index is 11.8. The zero-order valence-corrected chi connectivity index (χ0v) is 12.9. The van der Waals surface area contributed by atoms with Gasteiger partial charge in [0.25, 0.3) is 0 Å². The van der Waals surface area contributed by atoms with Crippen molar-refractivity contribution < 1.29 is 9.53 Å². The standard InChI is InChI=1S/C16H15ClO2S/c1-3-11-4-7-14(10-15(11)16(18)19-2)20-13-8-5-12(17)6-9-13/h4-10H,3H2,1-2H3. The second-order valence-electron chi connectivity index (χ2n) is 4.22. The van der Waals surface area contributed by atoms with Crippen LogP contribution in [0.5, 0.6) is 0 Å². The molecule has 0 heterocycles. The molecular formula is C16H15ClO2S. The Balaban J connectivity index is 2.28. The van der Waals surface area contributed by atoms with Gasteiger partial charge in [-0.1, -0.05) is 36.4 Å². The Bertz CT molecular complexity index is 608. The molecule has 0 N–H and O–H groups in total. The molecule has 0 fully saturated rings. The van der Waals surface area contributed by atoms with Crippen molar-refractivity contribution in [1.82, 2.24) is 0 Å². The number of halogens is 1. The number of benzene rings is 2. The minimum Gasteiger partial charge on any atom is -0.465 e. The highest BCUT2D eigenvalue weighted by molar-refractivity contribution is 7.99. The lowest BCUT2D eigenvalue weighted by atomic mass is 10.1. The van der Waals surface area contributed by atoms with Crippen LogP contribution >= 0.6 is 23.4 Å². The van der Waals surface area contributed by atoms with E-state index in [4.69, 9.17) is 16.3 Å². The molecule has 0 aromatic heterocycles. The van der Waals surface area contributed by atoms with Gasteiger partial charge < -0.3 is 4.74 Å². The van der Waals surface area contributed by atoms with Gasteiger partial charge >= 0.3 is 5.97 Å². The Kier molecular flexibility index (Phi) is 5.10. The minimum absolute atomic E-state index is 0.291. The van der Waals surface area contributed by atoms with Crippen molar-refractivity contribution in [1.29, 1.82) is 0 Å². The van der Waals surface area contributed by atoms with E-state index in [2.05, 4.69) is 0 Å². The van der Waals surface area contributed by atoms with Crippen LogP contribution in [-0.4, -0.2) is 13.1 Å². The van der Waals surface area contributed by atoms with Crippen molar-refractivity contribution in [2.75, 3.05) is 7.11 Å². The smallest absolute Gasteiger partial charge is 0.338 e. The largest absolute Gasteiger partial charge is 0.465 e. The average molecular weight is 307 g/mol. The lowest BCUT2D eigenvalue weighted by Crippen LogP contribution is -2.05. The van der Waals surface area contributed by atoms with E-state index in [1.165, 1.54) is 7.11 Å². The predicted molar refractivity (Wildman–Crippen MR) is 82.7 cm³/mol. The first-order valence-electron chi connectivity index (χ1n) is 6.28. The minimum atomic E-state index is -0.291. The molecule has 0 amide bonds. The maximum Gasteiger partial charge on any atom is 0.338 e. The van der Waals surface area contributed by atoms with Gasteiger partial charge in [-0.3, -0.25) is 0 Å². The van der Waals surface area contributed by atoms with Gasteiger partial charge in [-0.05, 0) is 48.4 Å². The summed E-state index contributed by atoms with van der Waals surface area (Å²) < 4.78 is 4.83. The Hall–Kier alpha value is -1.45. The number of rotatable bonds is 4. The number of hydrogen-bond donors (Lipinski definition) is 0. The van der Waals surface area contributed by atoms with Crippen LogP contribution < -0.4 is 0 Å². The monoisotopic (exact) mass is 306 g/mol. The summed E-state index contributed by atoms with van der Waals surface area (Å²) >= 11 is 7.46. The normalized spacial score (nSPS) is 10.3. The van der Waals surface area contributed by atoms with Gasteiger partial charge in [0.2, 0.25) is 0 Å². The SMILES string of the molecule is CCc1ccc(Sc2ccc(Cl)cc2)cc1C(=O)OC. The lowest BCUT2D eigenvalue weighted by molar-refractivity contribution is 0.0599. The van der Waals surface area contributed by atoms with Crippen LogP contribution in [0, 0.1) is 0 Å². The summed E-state index contributed by atoms with van der Waals surface area (Å²) in [5, 5.41) is 0.714. The van der Waals surface area contributed by atoms with Crippen LogP contribution in [0.25, 0.3) is 0 Å². The first-order chi connectivity index (χ1) is 9.63. The zero-order valence-electron chi connectivity index (χ0n) is 11.4. The van der Waals surface area contributed by atoms with Crippen LogP contribution in [-0.2, 0) is 11.2 Å². The third-order valence-corrected chi connectivity index (χ3v) is 4.17. The molecule has 2 nitrogen and oxygen atoms in total. The Morgan fingerprint density at radius 3 is 2.40 bits per heavy atom. The van der Waals surface area contributed by atoms with E-state index in [1.807, 2.05) is 49.4 Å². The molecule has 0 spiro atoms. The third kappa shape index (κ3) is 3.56. The number of aryl methyl sites for hydroxylation is 1. The van der Waals surface area contributed by atoms with Crippen molar-refractivity contribution in [2.45, 2.75) is 23.1 Å². The number of methoxy groups -OCH3 is 1. The molecule has 0 aliphatic rings. The molecule has 20 heavy (non-hydrogen) atoms. The molecule has 0 atom stereocenters. The van der Waals surface area contributed by atoms with Gasteiger partial charge in [0, 0.05) is 14.8 Å². The number of carbonyl (C=O) groups excluding carboxylic acids is 1. The lowest BCUT2D eigenvalue weighted by Gasteiger charge is -2.09. The van der Waals surface area contributed by atoms with Gasteiger partial charge in [0.15, 0.2) is 0 Å². The predicted octanol–water partition coefficient (Wildman–Crippen LogP) is 4.84. The molecule has 0 bridgehead atoms. The van der Waals surface area contributed by atoms with Gasteiger partial charge in [-0.15, -0.1) is 0 Å². The van der Waals surface area contributed by atoms with Gasteiger partial charge in [0.1, 0.15) is 0 Å². The van der Waals surface area contributed by atoms with E-state index in [-0.39, 0.29) is 5.97 Å². The van der Waals surface area contributed by atoms with Gasteiger partial charge in [-0.2, -0.15) is 0 Å². The highest BCUT2D eigenvalue weighted by Gasteiger charge is 2.12. The van der Waals surface area contributed by atoms with Gasteiger partial charge in [0.05, 0.1) is 12.7 Å². The molecule has 0 aliphatic carbocycles. The fraction of sp³-hybridized carbons (Fsp3) is 0.188. The highest BCUT2D eigenvalue weighted by atomic mass is 35.5. The second-order valence-corrected chi connectivity index (χ2v) is 5.80. The van der Waals surface area contributed by atoms with Crippen LogP contribution in [0.2, 0.25) is 5.02 Å². The van der Waals surface area contributed by atoms with E-state index in [1.54, 1.807) is 11.8 Å². The first kappa shape index (κ1) is 14.9. The van der Waals surface area contributed by atoms with E-state index in [0.717, 1.165) is 21.8 Å². The van der Waals surface area contributed by atoms with Crippen molar-refractivity contribution >= 4 is 29.3 Å². The van der Waals surface area contributed by atoms with E-state index in [9.17, 15) is 4.79 Å². The molecule has 0 unspecified atom stereocenters. The van der Waals surface area contributed by atoms with Crippen LogP contribution in [0.3, 0.4) is 0 Å². The summed E-state index contributed by atoms with van der Waals surface area (Å²) in [5.74, 6) is -0.291. The third-order valence-electron chi connectivity index (χ3n) is 2.92. The summed E-state index contributed by atoms with van der Waals surface area (Å²) in [5.41, 5.74) is 1.63. The number of hydrogen-bond acceptors (Lipinski definition) is 3. The summed E-state index contributed by atoms with van der Waals surface area (Å²) in [7, 11) is 1.40. The first-order valence-corrected chi connectivity index (χ1v) is 7.48. The summed E-state index contributed by atoms with van der Waals surface area (Å²) in [4.78, 5) is 13.9. The molecule has 0 saturated heterocycles. The summed E-state index contributed by atoms with van der Waals surface area (Å²) in [6.07, 6.45) is 0.802. The Morgan fingerprint density at radius 1 is 1.15 bits per heavy atom. The molecule has 0 aliphatic heterocycles. The molecular weight excluding hydrogens is 292 g/mol. The Labute approximate surface area is 128 Å². The Morgan fingerprint density at radius 2 is 1.80 bits per heavy atom. The molecule has 2 aromatic rings. The molecule has 2 rings (SSSR count). The zero-order chi connectivity index (χ0) is 14.5. The number of esters is 1. The quantitative estimate of drug-likeness (QED) is 0.756. The maximum absolute atomic E-state index is 11.8. The summed E-state index contributed by atoms with van der Waals surface area (Å²) in [6.45, 7) is 2.02. The average Bonchev–Trinajstić information content (AvgIpc) is 2.48.